The molecule has 0 aromatic heterocycles. The Labute approximate surface area is 90.0 Å². The molecule has 15 heavy (non-hydrogen) atoms. The third-order valence-corrected chi connectivity index (χ3v) is 3.40. The summed E-state index contributed by atoms with van der Waals surface area (Å²) in [5.74, 6) is 0.603. The van der Waals surface area contributed by atoms with E-state index in [1.54, 1.807) is 4.90 Å². The van der Waals surface area contributed by atoms with E-state index in [1.165, 1.54) is 32.1 Å². The lowest BCUT2D eigenvalue weighted by atomic mass is 9.87. The first-order valence-corrected chi connectivity index (χ1v) is 5.84. The van der Waals surface area contributed by atoms with E-state index >= 15 is 0 Å². The number of rotatable bonds is 3. The van der Waals surface area contributed by atoms with Gasteiger partial charge in [0.1, 0.15) is 6.54 Å². The first-order chi connectivity index (χ1) is 7.25. The molecule has 0 radical (unpaired) electrons. The molecule has 0 bridgehead atoms. The molecular formula is C11H18N2O2. The Kier molecular flexibility index (Phi) is 3.23. The molecule has 1 N–H and O–H groups in total. The predicted molar refractivity (Wildman–Crippen MR) is 56.3 cm³/mol. The molecule has 4 nitrogen and oxygen atoms in total. The second-order valence-electron chi connectivity index (χ2n) is 4.57. The van der Waals surface area contributed by atoms with Gasteiger partial charge < -0.3 is 4.90 Å². The number of nitrogens with zero attached hydrogens (tertiary/aromatic N) is 1. The molecule has 0 aromatic carbocycles. The SMILES string of the molecule is O=C1CN(CCC2CCCCC2)C(=O)N1. The van der Waals surface area contributed by atoms with Crippen molar-refractivity contribution in [2.75, 3.05) is 13.1 Å². The van der Waals surface area contributed by atoms with Crippen LogP contribution in [0.2, 0.25) is 0 Å². The number of urea groups is 1. The maximum Gasteiger partial charge on any atom is 0.324 e. The topological polar surface area (TPSA) is 49.4 Å². The molecule has 0 spiro atoms. The summed E-state index contributed by atoms with van der Waals surface area (Å²) in [5, 5.41) is 2.30. The third-order valence-electron chi connectivity index (χ3n) is 3.40. The van der Waals surface area contributed by atoms with Crippen LogP contribution in [0.3, 0.4) is 0 Å². The Hall–Kier alpha value is -1.06. The van der Waals surface area contributed by atoms with Gasteiger partial charge in [-0.3, -0.25) is 10.1 Å². The summed E-state index contributed by atoms with van der Waals surface area (Å²) in [7, 11) is 0. The smallest absolute Gasteiger partial charge is 0.315 e. The van der Waals surface area contributed by atoms with Crippen LogP contribution in [0.1, 0.15) is 38.5 Å². The van der Waals surface area contributed by atoms with Crippen LogP contribution in [0.15, 0.2) is 0 Å². The summed E-state index contributed by atoms with van der Waals surface area (Å²) >= 11 is 0. The zero-order valence-electron chi connectivity index (χ0n) is 9.00. The molecule has 2 rings (SSSR count). The van der Waals surface area contributed by atoms with Gasteiger partial charge in [-0.15, -0.1) is 0 Å². The van der Waals surface area contributed by atoms with E-state index in [9.17, 15) is 9.59 Å². The van der Waals surface area contributed by atoms with Crippen LogP contribution in [0, 0.1) is 5.92 Å². The first kappa shape index (κ1) is 10.5. The highest BCUT2D eigenvalue weighted by Gasteiger charge is 2.26. The molecule has 84 valence electrons. The molecule has 0 unspecified atom stereocenters. The van der Waals surface area contributed by atoms with Crippen LogP contribution in [0.25, 0.3) is 0 Å². The van der Waals surface area contributed by atoms with Crippen molar-refractivity contribution in [1.29, 1.82) is 0 Å². The summed E-state index contributed by atoms with van der Waals surface area (Å²) in [5.41, 5.74) is 0. The van der Waals surface area contributed by atoms with Crippen LogP contribution in [-0.4, -0.2) is 29.9 Å². The Morgan fingerprint density at radius 1 is 1.20 bits per heavy atom. The standard InChI is InChI=1S/C11H18N2O2/c14-10-8-13(11(15)12-10)7-6-9-4-2-1-3-5-9/h9H,1-8H2,(H,12,14,15). The highest BCUT2D eigenvalue weighted by molar-refractivity contribution is 6.01. The van der Waals surface area contributed by atoms with Crippen molar-refractivity contribution in [3.8, 4) is 0 Å². The number of hydrogen-bond donors (Lipinski definition) is 1. The monoisotopic (exact) mass is 210 g/mol. The van der Waals surface area contributed by atoms with Crippen molar-refractivity contribution in [3.05, 3.63) is 0 Å². The largest absolute Gasteiger partial charge is 0.324 e. The molecule has 0 aromatic rings. The number of hydrogen-bond acceptors (Lipinski definition) is 2. The van der Waals surface area contributed by atoms with Crippen LogP contribution in [0.5, 0.6) is 0 Å². The van der Waals surface area contributed by atoms with Gasteiger partial charge in [-0.1, -0.05) is 32.1 Å². The summed E-state index contributed by atoms with van der Waals surface area (Å²) in [6, 6.07) is -0.212. The highest BCUT2D eigenvalue weighted by atomic mass is 16.2. The second-order valence-corrected chi connectivity index (χ2v) is 4.57. The van der Waals surface area contributed by atoms with E-state index in [-0.39, 0.29) is 18.5 Å². The zero-order chi connectivity index (χ0) is 10.7. The number of amides is 3. The van der Waals surface area contributed by atoms with Gasteiger partial charge in [0.25, 0.3) is 0 Å². The van der Waals surface area contributed by atoms with Crippen LogP contribution in [-0.2, 0) is 4.79 Å². The van der Waals surface area contributed by atoms with Gasteiger partial charge in [-0.2, -0.15) is 0 Å². The second kappa shape index (κ2) is 4.64. The van der Waals surface area contributed by atoms with Crippen molar-refractivity contribution in [1.82, 2.24) is 10.2 Å². The Bertz CT molecular complexity index is 259. The average Bonchev–Trinajstić information content (AvgIpc) is 2.56. The van der Waals surface area contributed by atoms with Gasteiger partial charge >= 0.3 is 6.03 Å². The lowest BCUT2D eigenvalue weighted by Gasteiger charge is -2.23. The first-order valence-electron chi connectivity index (χ1n) is 5.84. The van der Waals surface area contributed by atoms with Crippen molar-refractivity contribution in [3.63, 3.8) is 0 Å². The summed E-state index contributed by atoms with van der Waals surface area (Å²) in [6.07, 6.45) is 7.66. The Morgan fingerprint density at radius 2 is 1.93 bits per heavy atom. The van der Waals surface area contributed by atoms with Gasteiger partial charge in [0.05, 0.1) is 0 Å². The van der Waals surface area contributed by atoms with Crippen molar-refractivity contribution >= 4 is 11.9 Å². The van der Waals surface area contributed by atoms with Crippen molar-refractivity contribution in [2.45, 2.75) is 38.5 Å². The quantitative estimate of drug-likeness (QED) is 0.718. The van der Waals surface area contributed by atoms with Gasteiger partial charge in [0.2, 0.25) is 5.91 Å². The fraction of sp³-hybridized carbons (Fsp3) is 0.818. The van der Waals surface area contributed by atoms with E-state index < -0.39 is 0 Å². The maximum absolute atomic E-state index is 11.3. The molecule has 1 aliphatic carbocycles. The Balaban J connectivity index is 1.73. The van der Waals surface area contributed by atoms with Gasteiger partial charge in [0, 0.05) is 6.54 Å². The predicted octanol–water partition coefficient (Wildman–Crippen LogP) is 1.51. The minimum absolute atomic E-state index is 0.163. The van der Waals surface area contributed by atoms with Crippen molar-refractivity contribution in [2.24, 2.45) is 5.92 Å². The third kappa shape index (κ3) is 2.70. The minimum Gasteiger partial charge on any atom is -0.315 e. The molecule has 1 aliphatic heterocycles. The molecule has 1 heterocycles. The van der Waals surface area contributed by atoms with E-state index in [0.717, 1.165) is 18.9 Å². The fourth-order valence-electron chi connectivity index (χ4n) is 2.48. The van der Waals surface area contributed by atoms with Gasteiger partial charge in [-0.25, -0.2) is 4.79 Å². The van der Waals surface area contributed by atoms with Crippen LogP contribution < -0.4 is 5.32 Å². The van der Waals surface area contributed by atoms with E-state index in [2.05, 4.69) is 5.32 Å². The molecule has 1 saturated heterocycles. The molecule has 4 heteroatoms. The number of nitrogens with one attached hydrogen (secondary N) is 1. The minimum atomic E-state index is -0.212. The Morgan fingerprint density at radius 3 is 2.53 bits per heavy atom. The molecule has 0 atom stereocenters. The van der Waals surface area contributed by atoms with Gasteiger partial charge in [0.15, 0.2) is 0 Å². The van der Waals surface area contributed by atoms with E-state index in [4.69, 9.17) is 0 Å². The average molecular weight is 210 g/mol. The van der Waals surface area contributed by atoms with Gasteiger partial charge in [-0.05, 0) is 12.3 Å². The number of carbonyl (C=O) groups is 2. The maximum atomic E-state index is 11.3. The highest BCUT2D eigenvalue weighted by Crippen LogP contribution is 2.26. The molecular weight excluding hydrogens is 192 g/mol. The fourth-order valence-corrected chi connectivity index (χ4v) is 2.48. The van der Waals surface area contributed by atoms with E-state index in [0.29, 0.717) is 0 Å². The van der Waals surface area contributed by atoms with Crippen molar-refractivity contribution < 1.29 is 9.59 Å². The lowest BCUT2D eigenvalue weighted by molar-refractivity contribution is -0.118. The summed E-state index contributed by atoms with van der Waals surface area (Å²) < 4.78 is 0. The molecule has 2 fully saturated rings. The molecule has 1 saturated carbocycles. The van der Waals surface area contributed by atoms with E-state index in [1.807, 2.05) is 0 Å². The number of carbonyl (C=O) groups excluding carboxylic acids is 2. The molecule has 2 aliphatic rings. The normalized spacial score (nSPS) is 23.3. The number of imide groups is 1. The van der Waals surface area contributed by atoms with Crippen LogP contribution in [0.4, 0.5) is 4.79 Å². The summed E-state index contributed by atoms with van der Waals surface area (Å²) in [4.78, 5) is 23.8. The van der Waals surface area contributed by atoms with Crippen LogP contribution >= 0.6 is 0 Å². The lowest BCUT2D eigenvalue weighted by Crippen LogP contribution is -2.30. The molecule has 3 amide bonds. The summed E-state index contributed by atoms with van der Waals surface area (Å²) in [6.45, 7) is 0.994. The zero-order valence-corrected chi connectivity index (χ0v) is 9.00.